The van der Waals surface area contributed by atoms with Crippen LogP contribution in [0.4, 0.5) is 5.69 Å². The summed E-state index contributed by atoms with van der Waals surface area (Å²) in [5.74, 6) is 0.0683. The number of carbonyl (C=O) groups is 1. The van der Waals surface area contributed by atoms with Crippen molar-refractivity contribution in [2.75, 3.05) is 44.8 Å². The zero-order valence-corrected chi connectivity index (χ0v) is 12.7. The highest BCUT2D eigenvalue weighted by atomic mass is 16.5. The number of carbonyl (C=O) groups excluding carboxylic acids is 1. The van der Waals surface area contributed by atoms with Gasteiger partial charge in [0.15, 0.2) is 0 Å². The quantitative estimate of drug-likeness (QED) is 0.797. The van der Waals surface area contributed by atoms with E-state index >= 15 is 0 Å². The second-order valence-corrected chi connectivity index (χ2v) is 5.39. The second-order valence-electron chi connectivity index (χ2n) is 5.39. The van der Waals surface area contributed by atoms with E-state index in [9.17, 15) is 4.79 Å². The van der Waals surface area contributed by atoms with Crippen LogP contribution >= 0.6 is 0 Å². The first-order chi connectivity index (χ1) is 10.2. The maximum absolute atomic E-state index is 12.3. The largest absolute Gasteiger partial charge is 0.385 e. The van der Waals surface area contributed by atoms with E-state index in [2.05, 4.69) is 17.0 Å². The van der Waals surface area contributed by atoms with Gasteiger partial charge < -0.3 is 20.3 Å². The molecule has 1 amide bonds. The summed E-state index contributed by atoms with van der Waals surface area (Å²) in [6.45, 7) is 3.86. The highest BCUT2D eigenvalue weighted by molar-refractivity contribution is 5.81. The molecule has 1 aromatic rings. The molecule has 0 radical (unpaired) electrons. The Balaban J connectivity index is 1.79. The van der Waals surface area contributed by atoms with Crippen molar-refractivity contribution in [1.29, 1.82) is 0 Å². The number of methoxy groups -OCH3 is 1. The number of anilines is 1. The van der Waals surface area contributed by atoms with Crippen molar-refractivity contribution >= 4 is 11.6 Å². The highest BCUT2D eigenvalue weighted by Crippen LogP contribution is 2.16. The van der Waals surface area contributed by atoms with Gasteiger partial charge in [0.25, 0.3) is 0 Å². The molecule has 0 saturated carbocycles. The Kier molecular flexibility index (Phi) is 6.02. The van der Waals surface area contributed by atoms with E-state index in [0.717, 1.165) is 32.6 Å². The molecule has 1 aromatic carbocycles. The smallest absolute Gasteiger partial charge is 0.239 e. The van der Waals surface area contributed by atoms with Gasteiger partial charge in [0.2, 0.25) is 5.91 Å². The van der Waals surface area contributed by atoms with Crippen LogP contribution < -0.4 is 10.6 Å². The molecule has 5 heteroatoms. The number of hydrogen-bond donors (Lipinski definition) is 1. The van der Waals surface area contributed by atoms with Crippen LogP contribution in [-0.4, -0.2) is 56.7 Å². The van der Waals surface area contributed by atoms with E-state index in [1.165, 1.54) is 5.69 Å². The fourth-order valence-corrected chi connectivity index (χ4v) is 2.63. The Bertz CT molecular complexity index is 430. The van der Waals surface area contributed by atoms with Gasteiger partial charge in [-0.15, -0.1) is 0 Å². The van der Waals surface area contributed by atoms with Crippen LogP contribution in [0.1, 0.15) is 12.8 Å². The van der Waals surface area contributed by atoms with Crippen LogP contribution in [0.15, 0.2) is 30.3 Å². The second kappa shape index (κ2) is 8.00. The minimum Gasteiger partial charge on any atom is -0.385 e. The standard InChI is InChI=1S/C16H25N3O2/c1-21-13-5-8-15(17)16(20)19-11-9-18(10-12-19)14-6-3-2-4-7-14/h2-4,6-7,15H,5,8-13,17H2,1H3. The summed E-state index contributed by atoms with van der Waals surface area (Å²) < 4.78 is 4.99. The van der Waals surface area contributed by atoms with Crippen molar-refractivity contribution in [3.63, 3.8) is 0 Å². The lowest BCUT2D eigenvalue weighted by molar-refractivity contribution is -0.133. The maximum Gasteiger partial charge on any atom is 0.239 e. The predicted octanol–water partition coefficient (Wildman–Crippen LogP) is 1.09. The molecular formula is C16H25N3O2. The molecule has 5 nitrogen and oxygen atoms in total. The van der Waals surface area contributed by atoms with Crippen LogP contribution in [-0.2, 0) is 9.53 Å². The van der Waals surface area contributed by atoms with E-state index in [0.29, 0.717) is 13.0 Å². The molecular weight excluding hydrogens is 266 g/mol. The minimum absolute atomic E-state index is 0.0683. The molecule has 0 spiro atoms. The zero-order chi connectivity index (χ0) is 15.1. The van der Waals surface area contributed by atoms with Crippen LogP contribution in [0.2, 0.25) is 0 Å². The number of benzene rings is 1. The van der Waals surface area contributed by atoms with Gasteiger partial charge in [-0.3, -0.25) is 4.79 Å². The molecule has 0 aromatic heterocycles. The van der Waals surface area contributed by atoms with Gasteiger partial charge in [-0.25, -0.2) is 0 Å². The van der Waals surface area contributed by atoms with E-state index in [-0.39, 0.29) is 5.91 Å². The van der Waals surface area contributed by atoms with Gasteiger partial charge in [0.1, 0.15) is 0 Å². The molecule has 0 aliphatic carbocycles. The third-order valence-corrected chi connectivity index (χ3v) is 3.89. The first kappa shape index (κ1) is 15.8. The van der Waals surface area contributed by atoms with Gasteiger partial charge in [-0.05, 0) is 25.0 Å². The molecule has 1 fully saturated rings. The van der Waals surface area contributed by atoms with E-state index in [1.54, 1.807) is 7.11 Å². The van der Waals surface area contributed by atoms with E-state index in [1.807, 2.05) is 23.1 Å². The first-order valence-electron chi connectivity index (χ1n) is 7.55. The normalized spacial score (nSPS) is 16.9. The lowest BCUT2D eigenvalue weighted by Gasteiger charge is -2.37. The van der Waals surface area contributed by atoms with Crippen LogP contribution in [0.5, 0.6) is 0 Å². The Morgan fingerprint density at radius 2 is 1.90 bits per heavy atom. The molecule has 1 unspecified atom stereocenters. The van der Waals surface area contributed by atoms with Gasteiger partial charge in [-0.2, -0.15) is 0 Å². The molecule has 1 aliphatic heterocycles. The number of piperazine rings is 1. The van der Waals surface area contributed by atoms with Crippen molar-refractivity contribution < 1.29 is 9.53 Å². The Labute approximate surface area is 126 Å². The third kappa shape index (κ3) is 4.44. The number of rotatable bonds is 6. The molecule has 1 aliphatic rings. The number of ether oxygens (including phenoxy) is 1. The molecule has 21 heavy (non-hydrogen) atoms. The average molecular weight is 291 g/mol. The molecule has 0 bridgehead atoms. The van der Waals surface area contributed by atoms with Crippen LogP contribution in [0.3, 0.4) is 0 Å². The Morgan fingerprint density at radius 3 is 2.52 bits per heavy atom. The number of para-hydroxylation sites is 1. The number of hydrogen-bond acceptors (Lipinski definition) is 4. The molecule has 1 heterocycles. The topological polar surface area (TPSA) is 58.8 Å². The van der Waals surface area contributed by atoms with Crippen molar-refractivity contribution in [1.82, 2.24) is 4.90 Å². The molecule has 116 valence electrons. The fraction of sp³-hybridized carbons (Fsp3) is 0.562. The summed E-state index contributed by atoms with van der Waals surface area (Å²) in [7, 11) is 1.66. The van der Waals surface area contributed by atoms with Crippen LogP contribution in [0.25, 0.3) is 0 Å². The summed E-state index contributed by atoms with van der Waals surface area (Å²) in [6, 6.07) is 9.91. The average Bonchev–Trinajstić information content (AvgIpc) is 2.55. The van der Waals surface area contributed by atoms with Crippen molar-refractivity contribution in [2.24, 2.45) is 5.73 Å². The van der Waals surface area contributed by atoms with Gasteiger partial charge in [0.05, 0.1) is 6.04 Å². The summed E-state index contributed by atoms with van der Waals surface area (Å²) >= 11 is 0. The SMILES string of the molecule is COCCCC(N)C(=O)N1CCN(c2ccccc2)CC1. The lowest BCUT2D eigenvalue weighted by Crippen LogP contribution is -2.53. The number of amides is 1. The van der Waals surface area contributed by atoms with Crippen molar-refractivity contribution in [2.45, 2.75) is 18.9 Å². The summed E-state index contributed by atoms with van der Waals surface area (Å²) in [5, 5.41) is 0. The molecule has 2 N–H and O–H groups in total. The third-order valence-electron chi connectivity index (χ3n) is 3.89. The fourth-order valence-electron chi connectivity index (χ4n) is 2.63. The minimum atomic E-state index is -0.400. The van der Waals surface area contributed by atoms with Gasteiger partial charge in [0, 0.05) is 45.6 Å². The first-order valence-corrected chi connectivity index (χ1v) is 7.55. The Morgan fingerprint density at radius 1 is 1.24 bits per heavy atom. The molecule has 2 rings (SSSR count). The summed E-state index contributed by atoms with van der Waals surface area (Å²) in [6.07, 6.45) is 1.51. The zero-order valence-electron chi connectivity index (χ0n) is 12.7. The van der Waals surface area contributed by atoms with Gasteiger partial charge >= 0.3 is 0 Å². The van der Waals surface area contributed by atoms with E-state index in [4.69, 9.17) is 10.5 Å². The summed E-state index contributed by atoms with van der Waals surface area (Å²) in [5.41, 5.74) is 7.19. The monoisotopic (exact) mass is 291 g/mol. The van der Waals surface area contributed by atoms with Crippen molar-refractivity contribution in [3.05, 3.63) is 30.3 Å². The van der Waals surface area contributed by atoms with Crippen molar-refractivity contribution in [3.8, 4) is 0 Å². The van der Waals surface area contributed by atoms with Gasteiger partial charge in [-0.1, -0.05) is 18.2 Å². The summed E-state index contributed by atoms with van der Waals surface area (Å²) in [4.78, 5) is 16.5. The number of nitrogens with two attached hydrogens (primary N) is 1. The number of nitrogens with zero attached hydrogens (tertiary/aromatic N) is 2. The molecule has 1 saturated heterocycles. The predicted molar refractivity (Wildman–Crippen MR) is 84.3 cm³/mol. The highest BCUT2D eigenvalue weighted by Gasteiger charge is 2.24. The van der Waals surface area contributed by atoms with Crippen LogP contribution in [0, 0.1) is 0 Å². The Hall–Kier alpha value is -1.59. The lowest BCUT2D eigenvalue weighted by atomic mass is 10.1. The maximum atomic E-state index is 12.3. The molecule has 1 atom stereocenters. The van der Waals surface area contributed by atoms with E-state index < -0.39 is 6.04 Å².